The molecule has 10 heteroatoms. The molecule has 3 heterocycles. The molecular weight excluding hydrogens is 362 g/mol. The minimum atomic E-state index is -3.62. The van der Waals surface area contributed by atoms with E-state index in [0.29, 0.717) is 26.2 Å². The summed E-state index contributed by atoms with van der Waals surface area (Å²) in [6.45, 7) is 4.81. The van der Waals surface area contributed by atoms with Gasteiger partial charge in [0.05, 0.1) is 10.7 Å². The van der Waals surface area contributed by atoms with E-state index in [9.17, 15) is 13.2 Å². The fourth-order valence-corrected chi connectivity index (χ4v) is 5.01. The Morgan fingerprint density at radius 2 is 2.00 bits per heavy atom. The minimum Gasteiger partial charge on any atom is -0.364 e. The molecule has 0 aromatic carbocycles. The monoisotopic (exact) mass is 383 g/mol. The zero-order valence-corrected chi connectivity index (χ0v) is 15.8. The molecule has 1 saturated heterocycles. The third-order valence-electron chi connectivity index (χ3n) is 4.25. The van der Waals surface area contributed by atoms with Crippen LogP contribution in [-0.2, 0) is 23.6 Å². The first kappa shape index (κ1) is 18.1. The van der Waals surface area contributed by atoms with Gasteiger partial charge in [-0.2, -0.15) is 4.31 Å². The van der Waals surface area contributed by atoms with E-state index in [-0.39, 0.29) is 10.6 Å². The minimum absolute atomic E-state index is 0.104. The lowest BCUT2D eigenvalue weighted by Gasteiger charge is -2.33. The van der Waals surface area contributed by atoms with Crippen molar-refractivity contribution in [1.29, 1.82) is 0 Å². The van der Waals surface area contributed by atoms with E-state index >= 15 is 0 Å². The van der Waals surface area contributed by atoms with Crippen LogP contribution in [0.1, 0.15) is 21.2 Å². The molecule has 0 bridgehead atoms. The van der Waals surface area contributed by atoms with Gasteiger partial charge in [-0.05, 0) is 13.0 Å². The summed E-state index contributed by atoms with van der Waals surface area (Å²) in [6, 6.07) is 1.34. The summed E-state index contributed by atoms with van der Waals surface area (Å²) < 4.78 is 28.4. The molecule has 2 aromatic heterocycles. The maximum absolute atomic E-state index is 12.8. The molecule has 1 aliphatic heterocycles. The van der Waals surface area contributed by atoms with Crippen LogP contribution in [-0.4, -0.2) is 59.3 Å². The highest BCUT2D eigenvalue weighted by Gasteiger charge is 2.30. The first-order valence-corrected chi connectivity index (χ1v) is 10.2. The topological polar surface area (TPSA) is 102 Å². The number of piperazine rings is 1. The van der Waals surface area contributed by atoms with Crippen molar-refractivity contribution in [3.63, 3.8) is 0 Å². The summed E-state index contributed by atoms with van der Waals surface area (Å²) in [5, 5.41) is 3.07. The lowest BCUT2D eigenvalue weighted by molar-refractivity contribution is 0.0992. The second kappa shape index (κ2) is 6.87. The van der Waals surface area contributed by atoms with Crippen LogP contribution < -0.4 is 5.73 Å². The van der Waals surface area contributed by atoms with Crippen LogP contribution in [0, 0.1) is 6.92 Å². The number of carbonyl (C=O) groups excluding carboxylic acids is 1. The number of nitrogens with two attached hydrogens (primary N) is 1. The van der Waals surface area contributed by atoms with Gasteiger partial charge in [0, 0.05) is 51.3 Å². The van der Waals surface area contributed by atoms with Crippen LogP contribution in [0.15, 0.2) is 22.5 Å². The van der Waals surface area contributed by atoms with Crippen LogP contribution >= 0.6 is 11.3 Å². The van der Waals surface area contributed by atoms with Gasteiger partial charge in [-0.15, -0.1) is 11.3 Å². The highest BCUT2D eigenvalue weighted by molar-refractivity contribution is 7.89. The summed E-state index contributed by atoms with van der Waals surface area (Å²) in [6.07, 6.45) is 1.43. The average molecular weight is 383 g/mol. The Hall–Kier alpha value is -1.75. The van der Waals surface area contributed by atoms with Crippen molar-refractivity contribution in [2.45, 2.75) is 18.4 Å². The SMILES string of the molecule is Cc1nc(CN2CCN(S(=O)(=O)c3cc(C(N)=O)n(C)c3)CC2)cs1. The van der Waals surface area contributed by atoms with Crippen molar-refractivity contribution in [3.05, 3.63) is 34.0 Å². The van der Waals surface area contributed by atoms with Crippen molar-refractivity contribution in [1.82, 2.24) is 18.8 Å². The lowest BCUT2D eigenvalue weighted by Crippen LogP contribution is -2.48. The molecule has 3 rings (SSSR count). The van der Waals surface area contributed by atoms with Crippen molar-refractivity contribution < 1.29 is 13.2 Å². The molecule has 0 saturated carbocycles. The van der Waals surface area contributed by atoms with E-state index < -0.39 is 15.9 Å². The van der Waals surface area contributed by atoms with E-state index in [0.717, 1.165) is 17.2 Å². The van der Waals surface area contributed by atoms with Gasteiger partial charge in [0.25, 0.3) is 5.91 Å². The van der Waals surface area contributed by atoms with Crippen LogP contribution in [0.2, 0.25) is 0 Å². The number of primary amides is 1. The number of hydrogen-bond acceptors (Lipinski definition) is 6. The van der Waals surface area contributed by atoms with E-state index in [4.69, 9.17) is 5.73 Å². The molecule has 0 spiro atoms. The van der Waals surface area contributed by atoms with E-state index in [1.165, 1.54) is 21.1 Å². The second-order valence-corrected chi connectivity index (χ2v) is 9.07. The van der Waals surface area contributed by atoms with Gasteiger partial charge in [0.15, 0.2) is 0 Å². The molecule has 1 aliphatic rings. The van der Waals surface area contributed by atoms with Crippen molar-refractivity contribution in [2.75, 3.05) is 26.2 Å². The largest absolute Gasteiger partial charge is 0.364 e. The summed E-state index contributed by atoms with van der Waals surface area (Å²) >= 11 is 1.62. The molecule has 0 aliphatic carbocycles. The Labute approximate surface area is 150 Å². The number of rotatable bonds is 5. The van der Waals surface area contributed by atoms with Crippen LogP contribution in [0.5, 0.6) is 0 Å². The zero-order chi connectivity index (χ0) is 18.2. The number of sulfonamides is 1. The fraction of sp³-hybridized carbons (Fsp3) is 0.467. The number of aryl methyl sites for hydroxylation is 2. The normalized spacial score (nSPS) is 17.0. The van der Waals surface area contributed by atoms with Crippen LogP contribution in [0.3, 0.4) is 0 Å². The van der Waals surface area contributed by atoms with Gasteiger partial charge >= 0.3 is 0 Å². The summed E-state index contributed by atoms with van der Waals surface area (Å²) in [5.41, 5.74) is 6.46. The predicted octanol–water partition coefficient (Wildman–Crippen LogP) is 0.395. The third-order valence-corrected chi connectivity index (χ3v) is 6.94. The lowest BCUT2D eigenvalue weighted by atomic mass is 10.3. The smallest absolute Gasteiger partial charge is 0.265 e. The molecule has 0 radical (unpaired) electrons. The van der Waals surface area contributed by atoms with Gasteiger partial charge in [0.2, 0.25) is 10.0 Å². The standard InChI is InChI=1S/C15H21N5O3S2/c1-11-17-12(10-24-11)8-19-3-5-20(6-4-19)25(22,23)13-7-14(15(16)21)18(2)9-13/h7,9-10H,3-6,8H2,1-2H3,(H2,16,21). The molecule has 25 heavy (non-hydrogen) atoms. The molecular formula is C15H21N5O3S2. The summed E-state index contributed by atoms with van der Waals surface area (Å²) in [5.74, 6) is -0.646. The third kappa shape index (κ3) is 3.76. The van der Waals surface area contributed by atoms with Crippen molar-refractivity contribution in [2.24, 2.45) is 12.8 Å². The number of carbonyl (C=O) groups is 1. The van der Waals surface area contributed by atoms with Crippen molar-refractivity contribution >= 4 is 27.3 Å². The van der Waals surface area contributed by atoms with E-state index in [1.54, 1.807) is 18.4 Å². The molecule has 0 unspecified atom stereocenters. The Balaban J connectivity index is 1.67. The number of hydrogen-bond donors (Lipinski definition) is 1. The average Bonchev–Trinajstić information content (AvgIpc) is 3.14. The maximum atomic E-state index is 12.8. The molecule has 1 fully saturated rings. The Morgan fingerprint density at radius 1 is 1.32 bits per heavy atom. The molecule has 2 N–H and O–H groups in total. The fourth-order valence-electron chi connectivity index (χ4n) is 2.91. The van der Waals surface area contributed by atoms with Crippen LogP contribution in [0.4, 0.5) is 0 Å². The molecule has 1 amide bonds. The number of amides is 1. The first-order valence-electron chi connectivity index (χ1n) is 7.87. The zero-order valence-electron chi connectivity index (χ0n) is 14.2. The Kier molecular flexibility index (Phi) is 4.96. The summed E-state index contributed by atoms with van der Waals surface area (Å²) in [7, 11) is -2.02. The highest BCUT2D eigenvalue weighted by atomic mass is 32.2. The van der Waals surface area contributed by atoms with Crippen molar-refractivity contribution in [3.8, 4) is 0 Å². The van der Waals surface area contributed by atoms with Gasteiger partial charge in [-0.1, -0.05) is 0 Å². The highest BCUT2D eigenvalue weighted by Crippen LogP contribution is 2.21. The molecule has 0 atom stereocenters. The van der Waals surface area contributed by atoms with Gasteiger partial charge in [0.1, 0.15) is 10.6 Å². The van der Waals surface area contributed by atoms with E-state index in [2.05, 4.69) is 9.88 Å². The summed E-state index contributed by atoms with van der Waals surface area (Å²) in [4.78, 5) is 18.1. The maximum Gasteiger partial charge on any atom is 0.265 e. The van der Waals surface area contributed by atoms with Crippen LogP contribution in [0.25, 0.3) is 0 Å². The number of aromatic nitrogens is 2. The van der Waals surface area contributed by atoms with Gasteiger partial charge in [-0.3, -0.25) is 9.69 Å². The first-order chi connectivity index (χ1) is 11.8. The van der Waals surface area contributed by atoms with E-state index in [1.807, 2.05) is 12.3 Å². The van der Waals surface area contributed by atoms with Gasteiger partial charge in [-0.25, -0.2) is 13.4 Å². The molecule has 2 aromatic rings. The predicted molar refractivity (Wildman–Crippen MR) is 94.8 cm³/mol. The quantitative estimate of drug-likeness (QED) is 0.805. The number of thiazole rings is 1. The van der Waals surface area contributed by atoms with Gasteiger partial charge < -0.3 is 10.3 Å². The number of nitrogens with zero attached hydrogens (tertiary/aromatic N) is 4. The Morgan fingerprint density at radius 3 is 2.52 bits per heavy atom. The second-order valence-electron chi connectivity index (χ2n) is 6.07. The molecule has 8 nitrogen and oxygen atoms in total. The molecule has 136 valence electrons. The Bertz CT molecular complexity index is 879.